The lowest BCUT2D eigenvalue weighted by atomic mass is 9.89. The van der Waals surface area contributed by atoms with Crippen LogP contribution in [-0.2, 0) is 9.59 Å². The number of nitrogens with zero attached hydrogens (tertiary/aromatic N) is 1. The predicted molar refractivity (Wildman–Crippen MR) is 72.1 cm³/mol. The van der Waals surface area contributed by atoms with Gasteiger partial charge in [0.05, 0.1) is 6.54 Å². The second kappa shape index (κ2) is 6.21. The Hall–Kier alpha value is -1.06. The molecule has 0 aliphatic carbocycles. The summed E-state index contributed by atoms with van der Waals surface area (Å²) in [4.78, 5) is 25.9. The fourth-order valence-corrected chi connectivity index (χ4v) is 2.51. The van der Waals surface area contributed by atoms with Gasteiger partial charge in [-0.05, 0) is 31.6 Å². The molecule has 0 radical (unpaired) electrons. The van der Waals surface area contributed by atoms with Gasteiger partial charge < -0.3 is 10.2 Å². The summed E-state index contributed by atoms with van der Waals surface area (Å²) in [7, 11) is 0. The highest BCUT2D eigenvalue weighted by atomic mass is 16.2. The number of piperazine rings is 1. The molecule has 0 atom stereocenters. The van der Waals surface area contributed by atoms with Gasteiger partial charge in [-0.3, -0.25) is 9.59 Å². The first kappa shape index (κ1) is 15.0. The summed E-state index contributed by atoms with van der Waals surface area (Å²) in [5.41, 5.74) is -0.660. The molecule has 4 nitrogen and oxygen atoms in total. The van der Waals surface area contributed by atoms with Gasteiger partial charge in [-0.15, -0.1) is 0 Å². The molecule has 1 aliphatic heterocycles. The van der Waals surface area contributed by atoms with Crippen LogP contribution in [-0.4, -0.2) is 35.3 Å². The second-order valence-electron chi connectivity index (χ2n) is 5.60. The van der Waals surface area contributed by atoms with Crippen LogP contribution in [0.5, 0.6) is 0 Å². The quantitative estimate of drug-likeness (QED) is 0.787. The maximum Gasteiger partial charge on any atom is 0.248 e. The lowest BCUT2D eigenvalue weighted by Gasteiger charge is -2.41. The average molecular weight is 254 g/mol. The van der Waals surface area contributed by atoms with Crippen LogP contribution in [0, 0.1) is 5.92 Å². The van der Waals surface area contributed by atoms with Crippen molar-refractivity contribution < 1.29 is 9.59 Å². The van der Waals surface area contributed by atoms with E-state index in [0.717, 1.165) is 12.8 Å². The molecule has 1 rings (SSSR count). The van der Waals surface area contributed by atoms with Crippen LogP contribution in [0.4, 0.5) is 0 Å². The van der Waals surface area contributed by atoms with Crippen LogP contribution in [0.1, 0.15) is 53.4 Å². The SMILES string of the molecule is CCC1(CC)NC(=O)CN(CCCC(C)C)C1=O. The first-order chi connectivity index (χ1) is 8.45. The number of carbonyl (C=O) groups is 2. The van der Waals surface area contributed by atoms with Crippen molar-refractivity contribution >= 4 is 11.8 Å². The minimum Gasteiger partial charge on any atom is -0.340 e. The zero-order valence-corrected chi connectivity index (χ0v) is 12.1. The largest absolute Gasteiger partial charge is 0.340 e. The minimum atomic E-state index is -0.660. The highest BCUT2D eigenvalue weighted by molar-refractivity contribution is 5.97. The Kier molecular flexibility index (Phi) is 5.17. The highest BCUT2D eigenvalue weighted by Gasteiger charge is 2.43. The van der Waals surface area contributed by atoms with E-state index < -0.39 is 5.54 Å². The predicted octanol–water partition coefficient (Wildman–Crippen LogP) is 1.94. The smallest absolute Gasteiger partial charge is 0.248 e. The molecule has 0 spiro atoms. The summed E-state index contributed by atoms with van der Waals surface area (Å²) in [6.45, 7) is 9.18. The molecule has 18 heavy (non-hydrogen) atoms. The molecule has 1 N–H and O–H groups in total. The van der Waals surface area contributed by atoms with E-state index in [4.69, 9.17) is 0 Å². The van der Waals surface area contributed by atoms with Gasteiger partial charge >= 0.3 is 0 Å². The zero-order valence-electron chi connectivity index (χ0n) is 12.1. The molecule has 1 heterocycles. The normalized spacial score (nSPS) is 19.3. The van der Waals surface area contributed by atoms with Gasteiger partial charge in [0.1, 0.15) is 5.54 Å². The third kappa shape index (κ3) is 3.24. The molecule has 1 saturated heterocycles. The summed E-state index contributed by atoms with van der Waals surface area (Å²) in [5.74, 6) is 0.708. The number of hydrogen-bond donors (Lipinski definition) is 1. The van der Waals surface area contributed by atoms with Crippen LogP contribution < -0.4 is 5.32 Å². The van der Waals surface area contributed by atoms with Gasteiger partial charge in [-0.1, -0.05) is 27.7 Å². The number of rotatable bonds is 6. The van der Waals surface area contributed by atoms with Crippen LogP contribution in [0.25, 0.3) is 0 Å². The molecule has 0 aromatic carbocycles. The number of hydrogen-bond acceptors (Lipinski definition) is 2. The Morgan fingerprint density at radius 1 is 1.28 bits per heavy atom. The van der Waals surface area contributed by atoms with Crippen molar-refractivity contribution in [3.8, 4) is 0 Å². The third-order valence-electron chi connectivity index (χ3n) is 3.83. The van der Waals surface area contributed by atoms with Gasteiger partial charge in [0, 0.05) is 6.54 Å². The Morgan fingerprint density at radius 3 is 2.39 bits per heavy atom. The summed E-state index contributed by atoms with van der Waals surface area (Å²) >= 11 is 0. The van der Waals surface area contributed by atoms with E-state index in [1.165, 1.54) is 0 Å². The lowest BCUT2D eigenvalue weighted by molar-refractivity contribution is -0.150. The maximum atomic E-state index is 12.4. The fourth-order valence-electron chi connectivity index (χ4n) is 2.51. The maximum absolute atomic E-state index is 12.4. The van der Waals surface area contributed by atoms with E-state index in [2.05, 4.69) is 19.2 Å². The second-order valence-corrected chi connectivity index (χ2v) is 5.60. The topological polar surface area (TPSA) is 49.4 Å². The molecule has 0 aromatic rings. The van der Waals surface area contributed by atoms with Gasteiger partial charge in [-0.25, -0.2) is 0 Å². The summed E-state index contributed by atoms with van der Waals surface area (Å²) in [6.07, 6.45) is 3.39. The van der Waals surface area contributed by atoms with Crippen molar-refractivity contribution in [2.24, 2.45) is 5.92 Å². The molecule has 0 aromatic heterocycles. The van der Waals surface area contributed by atoms with E-state index in [1.54, 1.807) is 4.90 Å². The number of carbonyl (C=O) groups excluding carboxylic acids is 2. The lowest BCUT2D eigenvalue weighted by Crippen LogP contribution is -2.66. The molecular formula is C14H26N2O2. The molecule has 2 amide bonds. The van der Waals surface area contributed by atoms with Crippen LogP contribution in [0.2, 0.25) is 0 Å². The van der Waals surface area contributed by atoms with Gasteiger partial charge in [0.25, 0.3) is 0 Å². The molecule has 0 saturated carbocycles. The van der Waals surface area contributed by atoms with Crippen molar-refractivity contribution in [3.63, 3.8) is 0 Å². The molecule has 1 aliphatic rings. The molecule has 4 heteroatoms. The summed E-state index contributed by atoms with van der Waals surface area (Å²) in [6, 6.07) is 0. The monoisotopic (exact) mass is 254 g/mol. The number of amides is 2. The van der Waals surface area contributed by atoms with E-state index >= 15 is 0 Å². The molecular weight excluding hydrogens is 228 g/mol. The van der Waals surface area contributed by atoms with Crippen molar-refractivity contribution in [3.05, 3.63) is 0 Å². The number of nitrogens with one attached hydrogen (secondary N) is 1. The van der Waals surface area contributed by atoms with Crippen LogP contribution in [0.3, 0.4) is 0 Å². The molecule has 1 fully saturated rings. The van der Waals surface area contributed by atoms with Crippen molar-refractivity contribution in [1.82, 2.24) is 10.2 Å². The first-order valence-corrected chi connectivity index (χ1v) is 7.05. The molecule has 0 bridgehead atoms. The van der Waals surface area contributed by atoms with Crippen molar-refractivity contribution in [2.45, 2.75) is 58.9 Å². The highest BCUT2D eigenvalue weighted by Crippen LogP contribution is 2.22. The standard InChI is InChI=1S/C14H26N2O2/c1-5-14(6-2)13(18)16(10-12(17)15-14)9-7-8-11(3)4/h11H,5-10H2,1-4H3,(H,15,17). The van der Waals surface area contributed by atoms with Crippen LogP contribution >= 0.6 is 0 Å². The van der Waals surface area contributed by atoms with E-state index in [0.29, 0.717) is 25.3 Å². The van der Waals surface area contributed by atoms with Gasteiger partial charge in [0.2, 0.25) is 11.8 Å². The third-order valence-corrected chi connectivity index (χ3v) is 3.83. The Bertz CT molecular complexity index is 309. The van der Waals surface area contributed by atoms with Crippen molar-refractivity contribution in [2.75, 3.05) is 13.1 Å². The average Bonchev–Trinajstić information content (AvgIpc) is 2.32. The van der Waals surface area contributed by atoms with Crippen molar-refractivity contribution in [1.29, 1.82) is 0 Å². The fraction of sp³-hybridized carbons (Fsp3) is 0.857. The van der Waals surface area contributed by atoms with Gasteiger partial charge in [-0.2, -0.15) is 0 Å². The van der Waals surface area contributed by atoms with E-state index in [-0.39, 0.29) is 18.4 Å². The Balaban J connectivity index is 2.67. The molecule has 104 valence electrons. The zero-order chi connectivity index (χ0) is 13.8. The van der Waals surface area contributed by atoms with Gasteiger partial charge in [0.15, 0.2) is 0 Å². The van der Waals surface area contributed by atoms with Crippen LogP contribution in [0.15, 0.2) is 0 Å². The molecule has 0 unspecified atom stereocenters. The van der Waals surface area contributed by atoms with E-state index in [9.17, 15) is 9.59 Å². The Morgan fingerprint density at radius 2 is 1.89 bits per heavy atom. The summed E-state index contributed by atoms with van der Waals surface area (Å²) < 4.78 is 0. The Labute approximate surface area is 110 Å². The van der Waals surface area contributed by atoms with E-state index in [1.807, 2.05) is 13.8 Å². The minimum absolute atomic E-state index is 0.0251. The first-order valence-electron chi connectivity index (χ1n) is 7.05. The summed E-state index contributed by atoms with van der Waals surface area (Å²) in [5, 5.41) is 2.88.